The van der Waals surface area contributed by atoms with Crippen molar-refractivity contribution in [1.29, 1.82) is 0 Å². The van der Waals surface area contributed by atoms with Crippen molar-refractivity contribution in [1.82, 2.24) is 0 Å². The summed E-state index contributed by atoms with van der Waals surface area (Å²) in [5.74, 6) is 0. The fraction of sp³-hybridized carbons (Fsp3) is 1.00. The van der Waals surface area contributed by atoms with Crippen molar-refractivity contribution < 1.29 is 12.6 Å². The molecule has 9 heavy (non-hydrogen) atoms. The smallest absolute Gasteiger partial charge is 0.269 e. The molecular weight excluding hydrogens is 140 g/mol. The molecule has 0 heterocycles. The second-order valence-electron chi connectivity index (χ2n) is 2.21. The van der Waals surface area contributed by atoms with Gasteiger partial charge in [0.15, 0.2) is 0 Å². The van der Waals surface area contributed by atoms with Crippen LogP contribution < -0.4 is 0 Å². The highest BCUT2D eigenvalue weighted by Crippen LogP contribution is 2.26. The predicted octanol–water partition coefficient (Wildman–Crippen LogP) is 0.515. The lowest BCUT2D eigenvalue weighted by Crippen LogP contribution is -2.28. The summed E-state index contributed by atoms with van der Waals surface area (Å²) in [5, 5.41) is -0.206. The second kappa shape index (κ2) is 2.27. The first-order valence-electron chi connectivity index (χ1n) is 2.96. The first-order valence-corrected chi connectivity index (χ1v) is 4.43. The average molecular weight is 150 g/mol. The van der Waals surface area contributed by atoms with E-state index in [0.29, 0.717) is 0 Å². The number of hydrogen-bond acceptors (Lipinski definition) is 3. The van der Waals surface area contributed by atoms with E-state index in [-0.39, 0.29) is 5.25 Å². The van der Waals surface area contributed by atoms with Crippen molar-refractivity contribution in [3.8, 4) is 0 Å². The molecule has 1 rings (SSSR count). The Kier molecular flexibility index (Phi) is 1.77. The van der Waals surface area contributed by atoms with Crippen molar-refractivity contribution >= 4 is 10.1 Å². The third-order valence-corrected chi connectivity index (χ3v) is 3.45. The normalized spacial score (nSPS) is 21.4. The van der Waals surface area contributed by atoms with E-state index in [4.69, 9.17) is 0 Å². The minimum atomic E-state index is -3.16. The highest BCUT2D eigenvalue weighted by molar-refractivity contribution is 7.87. The summed E-state index contributed by atoms with van der Waals surface area (Å²) in [7, 11) is -1.95. The van der Waals surface area contributed by atoms with Crippen LogP contribution in [0.25, 0.3) is 0 Å². The van der Waals surface area contributed by atoms with Crippen LogP contribution in [0.1, 0.15) is 19.3 Å². The molecule has 0 spiro atoms. The standard InChI is InChI=1S/C5H10O3S/c1-8-9(6,7)5-3-2-4-5/h5H,2-4H2,1H3. The van der Waals surface area contributed by atoms with Crippen molar-refractivity contribution in [2.45, 2.75) is 24.5 Å². The summed E-state index contributed by atoms with van der Waals surface area (Å²) >= 11 is 0. The van der Waals surface area contributed by atoms with Gasteiger partial charge in [-0.3, -0.25) is 4.18 Å². The quantitative estimate of drug-likeness (QED) is 0.539. The number of rotatable bonds is 2. The van der Waals surface area contributed by atoms with E-state index in [0.717, 1.165) is 19.3 Å². The molecule has 54 valence electrons. The fourth-order valence-electron chi connectivity index (χ4n) is 0.796. The highest BCUT2D eigenvalue weighted by Gasteiger charge is 2.30. The van der Waals surface area contributed by atoms with Crippen LogP contribution in [0, 0.1) is 0 Å². The van der Waals surface area contributed by atoms with E-state index >= 15 is 0 Å². The van der Waals surface area contributed by atoms with Gasteiger partial charge in [0.05, 0.1) is 12.4 Å². The molecule has 1 saturated carbocycles. The summed E-state index contributed by atoms with van der Waals surface area (Å²) in [4.78, 5) is 0. The number of hydrogen-bond donors (Lipinski definition) is 0. The maximum atomic E-state index is 10.8. The maximum Gasteiger partial charge on any atom is 0.269 e. The molecule has 0 aromatic heterocycles. The highest BCUT2D eigenvalue weighted by atomic mass is 32.2. The molecule has 3 nitrogen and oxygen atoms in total. The van der Waals surface area contributed by atoms with Crippen LogP contribution in [0.2, 0.25) is 0 Å². The molecular formula is C5H10O3S. The molecule has 0 bridgehead atoms. The van der Waals surface area contributed by atoms with Gasteiger partial charge in [0.1, 0.15) is 0 Å². The van der Waals surface area contributed by atoms with Crippen molar-refractivity contribution in [2.75, 3.05) is 7.11 Å². The Morgan fingerprint density at radius 2 is 2.00 bits per heavy atom. The molecule has 0 aliphatic heterocycles. The van der Waals surface area contributed by atoms with E-state index in [9.17, 15) is 8.42 Å². The van der Waals surface area contributed by atoms with Crippen LogP contribution in [0.3, 0.4) is 0 Å². The van der Waals surface area contributed by atoms with E-state index < -0.39 is 10.1 Å². The molecule has 0 amide bonds. The zero-order valence-electron chi connectivity index (χ0n) is 5.33. The molecule has 0 aromatic carbocycles. The van der Waals surface area contributed by atoms with E-state index in [1.54, 1.807) is 0 Å². The molecule has 1 aliphatic rings. The van der Waals surface area contributed by atoms with Gasteiger partial charge in [-0.1, -0.05) is 6.42 Å². The Morgan fingerprint density at radius 3 is 2.11 bits per heavy atom. The molecule has 0 unspecified atom stereocenters. The first-order chi connectivity index (χ1) is 4.17. The van der Waals surface area contributed by atoms with Gasteiger partial charge in [-0.2, -0.15) is 8.42 Å². The lowest BCUT2D eigenvalue weighted by atomic mass is 10.0. The molecule has 0 saturated heterocycles. The Bertz CT molecular complexity index is 178. The summed E-state index contributed by atoms with van der Waals surface area (Å²) in [6.45, 7) is 0. The van der Waals surface area contributed by atoms with E-state index in [1.807, 2.05) is 0 Å². The minimum Gasteiger partial charge on any atom is -0.273 e. The topological polar surface area (TPSA) is 43.4 Å². The van der Waals surface area contributed by atoms with Gasteiger partial charge < -0.3 is 0 Å². The van der Waals surface area contributed by atoms with Crippen LogP contribution in [-0.2, 0) is 14.3 Å². The van der Waals surface area contributed by atoms with Gasteiger partial charge in [0, 0.05) is 0 Å². The summed E-state index contributed by atoms with van der Waals surface area (Å²) < 4.78 is 25.8. The molecule has 0 atom stereocenters. The third-order valence-electron chi connectivity index (χ3n) is 1.69. The van der Waals surface area contributed by atoms with E-state index in [1.165, 1.54) is 7.11 Å². The van der Waals surface area contributed by atoms with Gasteiger partial charge >= 0.3 is 0 Å². The van der Waals surface area contributed by atoms with Gasteiger partial charge in [-0.15, -0.1) is 0 Å². The molecule has 1 aliphatic carbocycles. The fourth-order valence-corrected chi connectivity index (χ4v) is 1.98. The average Bonchev–Trinajstić information content (AvgIpc) is 1.60. The minimum absolute atomic E-state index is 0.206. The molecule has 4 heteroatoms. The Morgan fingerprint density at radius 1 is 1.44 bits per heavy atom. The molecule has 0 radical (unpaired) electrons. The molecule has 0 N–H and O–H groups in total. The van der Waals surface area contributed by atoms with Crippen molar-refractivity contribution in [2.24, 2.45) is 0 Å². The van der Waals surface area contributed by atoms with Crippen LogP contribution in [0.4, 0.5) is 0 Å². The Balaban J connectivity index is 2.59. The van der Waals surface area contributed by atoms with Gasteiger partial charge in [-0.05, 0) is 12.8 Å². The lowest BCUT2D eigenvalue weighted by molar-refractivity contribution is 0.360. The maximum absolute atomic E-state index is 10.8. The van der Waals surface area contributed by atoms with E-state index in [2.05, 4.69) is 4.18 Å². The monoisotopic (exact) mass is 150 g/mol. The van der Waals surface area contributed by atoms with Gasteiger partial charge in [-0.25, -0.2) is 0 Å². The Hall–Kier alpha value is -0.0900. The van der Waals surface area contributed by atoms with Crippen LogP contribution in [0.15, 0.2) is 0 Å². The van der Waals surface area contributed by atoms with Gasteiger partial charge in [0.2, 0.25) is 0 Å². The SMILES string of the molecule is COS(=O)(=O)C1CCC1. The van der Waals surface area contributed by atoms with Gasteiger partial charge in [0.25, 0.3) is 10.1 Å². The predicted molar refractivity (Wildman–Crippen MR) is 33.6 cm³/mol. The third kappa shape index (κ3) is 1.24. The lowest BCUT2D eigenvalue weighted by Gasteiger charge is -2.23. The largest absolute Gasteiger partial charge is 0.273 e. The molecule has 1 fully saturated rings. The van der Waals surface area contributed by atoms with Crippen LogP contribution in [-0.4, -0.2) is 20.8 Å². The zero-order valence-corrected chi connectivity index (χ0v) is 6.15. The summed E-state index contributed by atoms with van der Waals surface area (Å²) in [6.07, 6.45) is 2.57. The summed E-state index contributed by atoms with van der Waals surface area (Å²) in [6, 6.07) is 0. The first kappa shape index (κ1) is 7.02. The Labute approximate surface area is 55.1 Å². The molecule has 0 aromatic rings. The van der Waals surface area contributed by atoms with Crippen LogP contribution in [0.5, 0.6) is 0 Å². The van der Waals surface area contributed by atoms with Crippen molar-refractivity contribution in [3.63, 3.8) is 0 Å². The van der Waals surface area contributed by atoms with Crippen molar-refractivity contribution in [3.05, 3.63) is 0 Å². The second-order valence-corrected chi connectivity index (χ2v) is 4.20. The summed E-state index contributed by atoms with van der Waals surface area (Å²) in [5.41, 5.74) is 0. The van der Waals surface area contributed by atoms with Crippen LogP contribution >= 0.6 is 0 Å². The zero-order chi connectivity index (χ0) is 6.91.